The van der Waals surface area contributed by atoms with Gasteiger partial charge in [0, 0.05) is 0 Å². The second kappa shape index (κ2) is 11.8. The van der Waals surface area contributed by atoms with Gasteiger partial charge in [0.1, 0.15) is 0 Å². The van der Waals surface area contributed by atoms with Crippen molar-refractivity contribution in [2.24, 2.45) is 0 Å². The van der Waals surface area contributed by atoms with E-state index in [1.807, 2.05) is 30.3 Å². The van der Waals surface area contributed by atoms with Crippen LogP contribution in [-0.4, -0.2) is 5.97 Å². The van der Waals surface area contributed by atoms with Gasteiger partial charge in [-0.25, -0.2) is 0 Å². The molecular formula is C47H33O2P. The first-order chi connectivity index (χ1) is 24.7. The minimum absolute atomic E-state index is 0.370. The van der Waals surface area contributed by atoms with Crippen molar-refractivity contribution in [3.05, 3.63) is 206 Å². The van der Waals surface area contributed by atoms with Gasteiger partial charge in [0.05, 0.1) is 0 Å². The Hall–Kier alpha value is -6.08. The molecule has 0 radical (unpaired) electrons. The van der Waals surface area contributed by atoms with Crippen molar-refractivity contribution < 1.29 is 9.32 Å². The molecule has 3 heteroatoms. The van der Waals surface area contributed by atoms with E-state index in [2.05, 4.69) is 170 Å². The van der Waals surface area contributed by atoms with Crippen molar-refractivity contribution in [2.75, 3.05) is 0 Å². The predicted molar refractivity (Wildman–Crippen MR) is 213 cm³/mol. The molecule has 0 spiro atoms. The van der Waals surface area contributed by atoms with Crippen LogP contribution in [0, 0.1) is 0 Å². The number of hydrogen-bond donors (Lipinski definition) is 0. The van der Waals surface area contributed by atoms with Crippen molar-refractivity contribution >= 4 is 77.1 Å². The molecule has 0 bridgehead atoms. The van der Waals surface area contributed by atoms with Crippen molar-refractivity contribution in [1.82, 2.24) is 0 Å². The summed E-state index contributed by atoms with van der Waals surface area (Å²) in [6.45, 7) is -4.67. The third kappa shape index (κ3) is 4.29. The molecule has 0 saturated heterocycles. The van der Waals surface area contributed by atoms with Gasteiger partial charge in [-0.1, -0.05) is 0 Å². The zero-order chi connectivity index (χ0) is 33.6. The molecule has 0 aromatic heterocycles. The second-order valence-electron chi connectivity index (χ2n) is 12.8. The maximum atomic E-state index is 15.3. The molecule has 238 valence electrons. The Morgan fingerprint density at radius 2 is 0.600 bits per heavy atom. The molecule has 0 aliphatic heterocycles. The van der Waals surface area contributed by atoms with Gasteiger partial charge in [0.2, 0.25) is 0 Å². The standard InChI is InChI=1S/C47H33O2P/c48-47(38-20-2-1-3-21-38)49-50(43-30-12-22-34-16-4-8-26-39(34)43,44-31-13-23-35-17-5-9-27-40(35)44,45-32-14-24-36-18-6-10-28-41(36)45)46-33-15-25-37-19-7-11-29-42(37)46/h1-33H. The summed E-state index contributed by atoms with van der Waals surface area (Å²) in [5.41, 5.74) is 0.502. The fourth-order valence-electron chi connectivity index (χ4n) is 8.09. The summed E-state index contributed by atoms with van der Waals surface area (Å²) in [5.74, 6) is -0.370. The quantitative estimate of drug-likeness (QED) is 0.166. The van der Waals surface area contributed by atoms with Crippen LogP contribution in [0.25, 0.3) is 43.1 Å². The summed E-state index contributed by atoms with van der Waals surface area (Å²) < 4.78 is 7.88. The molecular weight excluding hydrogens is 627 g/mol. The predicted octanol–water partition coefficient (Wildman–Crippen LogP) is 10.2. The molecule has 2 nitrogen and oxygen atoms in total. The van der Waals surface area contributed by atoms with Crippen LogP contribution in [0.3, 0.4) is 0 Å². The summed E-state index contributed by atoms with van der Waals surface area (Å²) in [6.07, 6.45) is 0. The Kier molecular flexibility index (Phi) is 7.09. The second-order valence-corrected chi connectivity index (χ2v) is 17.0. The monoisotopic (exact) mass is 660 g/mol. The summed E-state index contributed by atoms with van der Waals surface area (Å²) in [7, 11) is 0. The van der Waals surface area contributed by atoms with E-state index < -0.39 is 6.83 Å². The van der Waals surface area contributed by atoms with Crippen LogP contribution in [-0.2, 0) is 4.52 Å². The first kappa shape index (κ1) is 30.0. The van der Waals surface area contributed by atoms with E-state index in [-0.39, 0.29) is 5.97 Å². The summed E-state index contributed by atoms with van der Waals surface area (Å²) in [6, 6.07) is 69.4. The van der Waals surface area contributed by atoms with Crippen molar-refractivity contribution in [3.8, 4) is 0 Å². The number of hydrogen-bond acceptors (Lipinski definition) is 2. The van der Waals surface area contributed by atoms with Gasteiger partial charge in [0.15, 0.2) is 0 Å². The molecule has 0 unspecified atom stereocenters. The molecule has 0 heterocycles. The third-order valence-electron chi connectivity index (χ3n) is 10.2. The summed E-state index contributed by atoms with van der Waals surface area (Å²) >= 11 is 0. The van der Waals surface area contributed by atoms with Crippen molar-refractivity contribution in [1.29, 1.82) is 0 Å². The number of benzene rings is 9. The Bertz CT molecular complexity index is 2380. The molecule has 9 aromatic rings. The topological polar surface area (TPSA) is 26.3 Å². The number of carbonyl (C=O) groups excluding carboxylic acids is 1. The van der Waals surface area contributed by atoms with Crippen molar-refractivity contribution in [2.45, 2.75) is 0 Å². The van der Waals surface area contributed by atoms with Gasteiger partial charge in [-0.15, -0.1) is 0 Å². The average Bonchev–Trinajstić information content (AvgIpc) is 3.19. The van der Waals surface area contributed by atoms with Gasteiger partial charge < -0.3 is 0 Å². The molecule has 0 atom stereocenters. The van der Waals surface area contributed by atoms with Crippen molar-refractivity contribution in [3.63, 3.8) is 0 Å². The number of fused-ring (bicyclic) bond motifs is 4. The Balaban J connectivity index is 1.66. The van der Waals surface area contributed by atoms with Gasteiger partial charge in [-0.05, 0) is 0 Å². The molecule has 0 saturated carbocycles. The van der Waals surface area contributed by atoms with E-state index in [4.69, 9.17) is 4.52 Å². The van der Waals surface area contributed by atoms with E-state index in [1.54, 1.807) is 0 Å². The molecule has 9 rings (SSSR count). The Morgan fingerprint density at radius 1 is 0.320 bits per heavy atom. The van der Waals surface area contributed by atoms with Crippen LogP contribution in [0.15, 0.2) is 200 Å². The first-order valence-corrected chi connectivity index (χ1v) is 19.1. The molecule has 0 amide bonds. The Labute approximate surface area is 291 Å². The Morgan fingerprint density at radius 3 is 0.940 bits per heavy atom. The molecule has 9 aromatic carbocycles. The van der Waals surface area contributed by atoms with Crippen LogP contribution in [0.5, 0.6) is 0 Å². The number of rotatable bonds is 6. The molecule has 0 fully saturated rings. The van der Waals surface area contributed by atoms with Crippen LogP contribution in [0.2, 0.25) is 0 Å². The van der Waals surface area contributed by atoms with E-state index in [1.165, 1.54) is 0 Å². The van der Waals surface area contributed by atoms with Crippen LogP contribution < -0.4 is 21.2 Å². The van der Waals surface area contributed by atoms with Gasteiger partial charge in [-0.2, -0.15) is 0 Å². The SMILES string of the molecule is O=C(OP(c1cccc2ccccc12)(c1cccc2ccccc12)(c1cccc2ccccc12)c1cccc2ccccc12)c1ccccc1. The normalized spacial score (nSPS) is 12.5. The zero-order valence-electron chi connectivity index (χ0n) is 27.3. The number of carbonyl (C=O) groups is 1. The van der Waals surface area contributed by atoms with Crippen LogP contribution in [0.1, 0.15) is 10.4 Å². The fourth-order valence-corrected chi connectivity index (χ4v) is 14.6. The zero-order valence-corrected chi connectivity index (χ0v) is 28.2. The van der Waals surface area contributed by atoms with E-state index in [0.29, 0.717) is 5.56 Å². The van der Waals surface area contributed by atoms with E-state index in [9.17, 15) is 0 Å². The van der Waals surface area contributed by atoms with Gasteiger partial charge in [0.25, 0.3) is 0 Å². The first-order valence-electron chi connectivity index (χ1n) is 16.9. The van der Waals surface area contributed by atoms with E-state index in [0.717, 1.165) is 64.3 Å². The summed E-state index contributed by atoms with van der Waals surface area (Å²) in [4.78, 5) is 15.3. The van der Waals surface area contributed by atoms with Gasteiger partial charge >= 0.3 is 292 Å². The van der Waals surface area contributed by atoms with Crippen LogP contribution in [0.4, 0.5) is 0 Å². The molecule has 50 heavy (non-hydrogen) atoms. The third-order valence-corrected chi connectivity index (χ3v) is 15.9. The molecule has 0 N–H and O–H groups in total. The van der Waals surface area contributed by atoms with Crippen LogP contribution >= 0.6 is 6.83 Å². The minimum atomic E-state index is -4.67. The summed E-state index contributed by atoms with van der Waals surface area (Å²) in [5, 5.41) is 12.4. The fraction of sp³-hybridized carbons (Fsp3) is 0. The maximum absolute atomic E-state index is 15.3. The van der Waals surface area contributed by atoms with Gasteiger partial charge in [-0.3, -0.25) is 0 Å². The van der Waals surface area contributed by atoms with E-state index >= 15 is 4.79 Å². The average molecular weight is 661 g/mol. The molecule has 0 aliphatic rings. The molecule has 0 aliphatic carbocycles.